The van der Waals surface area contributed by atoms with Crippen molar-refractivity contribution in [3.63, 3.8) is 0 Å². The maximum atomic E-state index is 6.01. The Hall–Kier alpha value is -0.730. The lowest BCUT2D eigenvalue weighted by Gasteiger charge is -2.10. The first-order valence-corrected chi connectivity index (χ1v) is 5.59. The van der Waals surface area contributed by atoms with Crippen LogP contribution in [0, 0.1) is 6.92 Å². The fourth-order valence-corrected chi connectivity index (χ4v) is 1.37. The van der Waals surface area contributed by atoms with Crippen LogP contribution in [0.15, 0.2) is 18.2 Å². The molecule has 2 nitrogen and oxygen atoms in total. The highest BCUT2D eigenvalue weighted by Crippen LogP contribution is 2.19. The molecule has 0 aliphatic rings. The minimum atomic E-state index is 0.286. The zero-order valence-electron chi connectivity index (χ0n) is 9.51. The Balaban J connectivity index is 2.35. The molecule has 0 saturated carbocycles. The average molecular weight is 228 g/mol. The van der Waals surface area contributed by atoms with Crippen LogP contribution in [0.25, 0.3) is 0 Å². The maximum Gasteiger partial charge on any atom is 0.0642 e. The van der Waals surface area contributed by atoms with Crippen LogP contribution in [0.5, 0.6) is 0 Å². The third kappa shape index (κ3) is 4.54. The molecule has 1 rings (SSSR count). The van der Waals surface area contributed by atoms with Crippen molar-refractivity contribution in [2.75, 3.05) is 18.5 Å². The van der Waals surface area contributed by atoms with Gasteiger partial charge in [-0.05, 0) is 38.5 Å². The highest BCUT2D eigenvalue weighted by atomic mass is 35.5. The number of nitrogens with one attached hydrogen (secondary N) is 1. The van der Waals surface area contributed by atoms with Gasteiger partial charge in [-0.15, -0.1) is 0 Å². The number of hydrogen-bond donors (Lipinski definition) is 1. The normalized spacial score (nSPS) is 10.7. The molecule has 0 saturated heterocycles. The Morgan fingerprint density at radius 3 is 2.73 bits per heavy atom. The first-order valence-electron chi connectivity index (χ1n) is 5.21. The minimum Gasteiger partial charge on any atom is -0.383 e. The second-order valence-corrected chi connectivity index (χ2v) is 4.22. The van der Waals surface area contributed by atoms with Crippen molar-refractivity contribution in [3.8, 4) is 0 Å². The van der Waals surface area contributed by atoms with Gasteiger partial charge in [0.2, 0.25) is 0 Å². The van der Waals surface area contributed by atoms with E-state index in [1.165, 1.54) is 0 Å². The molecule has 0 heterocycles. The van der Waals surface area contributed by atoms with E-state index >= 15 is 0 Å². The molecule has 15 heavy (non-hydrogen) atoms. The van der Waals surface area contributed by atoms with Crippen LogP contribution < -0.4 is 5.32 Å². The number of aryl methyl sites for hydroxylation is 1. The Labute approximate surface area is 96.6 Å². The lowest BCUT2D eigenvalue weighted by molar-refractivity contribution is 0.0870. The lowest BCUT2D eigenvalue weighted by atomic mass is 10.2. The van der Waals surface area contributed by atoms with Crippen LogP contribution in [-0.4, -0.2) is 19.3 Å². The standard InChI is InChI=1S/C12H18ClNO/c1-9(2)15-7-6-14-11-5-4-10(3)12(13)8-11/h4-5,8-9,14H,6-7H2,1-3H3. The van der Waals surface area contributed by atoms with Crippen LogP contribution >= 0.6 is 11.6 Å². The predicted molar refractivity (Wildman–Crippen MR) is 65.8 cm³/mol. The Kier molecular flexibility index (Phi) is 4.92. The molecule has 0 unspecified atom stereocenters. The van der Waals surface area contributed by atoms with E-state index < -0.39 is 0 Å². The van der Waals surface area contributed by atoms with Crippen molar-refractivity contribution in [2.45, 2.75) is 26.9 Å². The molecule has 1 aromatic carbocycles. The fraction of sp³-hybridized carbons (Fsp3) is 0.500. The van der Waals surface area contributed by atoms with Gasteiger partial charge in [0.1, 0.15) is 0 Å². The zero-order valence-corrected chi connectivity index (χ0v) is 10.3. The molecule has 3 heteroatoms. The predicted octanol–water partition coefficient (Wildman–Crippen LogP) is 3.49. The van der Waals surface area contributed by atoms with Crippen molar-refractivity contribution < 1.29 is 4.74 Å². The summed E-state index contributed by atoms with van der Waals surface area (Å²) >= 11 is 6.01. The smallest absolute Gasteiger partial charge is 0.0642 e. The van der Waals surface area contributed by atoms with Gasteiger partial charge in [0.05, 0.1) is 12.7 Å². The van der Waals surface area contributed by atoms with E-state index in [9.17, 15) is 0 Å². The molecular weight excluding hydrogens is 210 g/mol. The maximum absolute atomic E-state index is 6.01. The summed E-state index contributed by atoms with van der Waals surface area (Å²) in [5.74, 6) is 0. The summed E-state index contributed by atoms with van der Waals surface area (Å²) in [4.78, 5) is 0. The molecule has 0 amide bonds. The largest absolute Gasteiger partial charge is 0.383 e. The van der Waals surface area contributed by atoms with Gasteiger partial charge in [-0.2, -0.15) is 0 Å². The van der Waals surface area contributed by atoms with E-state index in [0.717, 1.165) is 22.8 Å². The van der Waals surface area contributed by atoms with Gasteiger partial charge in [-0.1, -0.05) is 17.7 Å². The third-order valence-electron chi connectivity index (χ3n) is 2.05. The van der Waals surface area contributed by atoms with Gasteiger partial charge in [-0.25, -0.2) is 0 Å². The number of anilines is 1. The number of halogens is 1. The summed E-state index contributed by atoms with van der Waals surface area (Å²) in [6.07, 6.45) is 0.286. The Morgan fingerprint density at radius 2 is 2.13 bits per heavy atom. The van der Waals surface area contributed by atoms with Crippen molar-refractivity contribution in [1.82, 2.24) is 0 Å². The monoisotopic (exact) mass is 227 g/mol. The molecule has 0 aliphatic heterocycles. The van der Waals surface area contributed by atoms with E-state index in [0.29, 0.717) is 6.61 Å². The molecule has 0 aliphatic carbocycles. The third-order valence-corrected chi connectivity index (χ3v) is 2.46. The van der Waals surface area contributed by atoms with E-state index in [-0.39, 0.29) is 6.10 Å². The van der Waals surface area contributed by atoms with Crippen LogP contribution in [0.2, 0.25) is 5.02 Å². The fourth-order valence-electron chi connectivity index (χ4n) is 1.19. The molecule has 0 fully saturated rings. The summed E-state index contributed by atoms with van der Waals surface area (Å²) in [5, 5.41) is 4.05. The molecule has 1 aromatic rings. The van der Waals surface area contributed by atoms with Crippen LogP contribution in [0.4, 0.5) is 5.69 Å². The van der Waals surface area contributed by atoms with Crippen molar-refractivity contribution in [1.29, 1.82) is 0 Å². The van der Waals surface area contributed by atoms with E-state index in [4.69, 9.17) is 16.3 Å². The Morgan fingerprint density at radius 1 is 1.40 bits per heavy atom. The average Bonchev–Trinajstić information content (AvgIpc) is 2.18. The topological polar surface area (TPSA) is 21.3 Å². The van der Waals surface area contributed by atoms with Gasteiger partial charge in [-0.3, -0.25) is 0 Å². The summed E-state index contributed by atoms with van der Waals surface area (Å²) in [5.41, 5.74) is 2.14. The highest BCUT2D eigenvalue weighted by Gasteiger charge is 1.97. The molecule has 0 bridgehead atoms. The van der Waals surface area contributed by atoms with Gasteiger partial charge in [0.25, 0.3) is 0 Å². The van der Waals surface area contributed by atoms with Crippen molar-refractivity contribution in [3.05, 3.63) is 28.8 Å². The van der Waals surface area contributed by atoms with Crippen LogP contribution in [0.3, 0.4) is 0 Å². The minimum absolute atomic E-state index is 0.286. The van der Waals surface area contributed by atoms with Gasteiger partial charge in [0.15, 0.2) is 0 Å². The number of benzene rings is 1. The molecule has 0 spiro atoms. The molecule has 1 N–H and O–H groups in total. The van der Waals surface area contributed by atoms with Crippen LogP contribution in [-0.2, 0) is 4.74 Å². The quantitative estimate of drug-likeness (QED) is 0.778. The number of hydrogen-bond acceptors (Lipinski definition) is 2. The van der Waals surface area contributed by atoms with E-state index in [2.05, 4.69) is 5.32 Å². The first kappa shape index (κ1) is 12.3. The second kappa shape index (κ2) is 5.99. The van der Waals surface area contributed by atoms with Crippen LogP contribution in [0.1, 0.15) is 19.4 Å². The highest BCUT2D eigenvalue weighted by molar-refractivity contribution is 6.31. The van der Waals surface area contributed by atoms with Crippen molar-refractivity contribution in [2.24, 2.45) is 0 Å². The summed E-state index contributed by atoms with van der Waals surface area (Å²) < 4.78 is 5.42. The summed E-state index contributed by atoms with van der Waals surface area (Å²) in [6, 6.07) is 5.97. The van der Waals surface area contributed by atoms with Gasteiger partial charge >= 0.3 is 0 Å². The SMILES string of the molecule is Cc1ccc(NCCOC(C)C)cc1Cl. The van der Waals surface area contributed by atoms with Gasteiger partial charge < -0.3 is 10.1 Å². The molecule has 0 atom stereocenters. The zero-order chi connectivity index (χ0) is 11.3. The number of ether oxygens (including phenoxy) is 1. The van der Waals surface area contributed by atoms with Gasteiger partial charge in [0, 0.05) is 17.3 Å². The Bertz CT molecular complexity index is 312. The molecule has 0 radical (unpaired) electrons. The first-order chi connectivity index (χ1) is 7.09. The second-order valence-electron chi connectivity index (χ2n) is 3.81. The number of rotatable bonds is 5. The molecule has 84 valence electrons. The van der Waals surface area contributed by atoms with Crippen molar-refractivity contribution >= 4 is 17.3 Å². The molecular formula is C12H18ClNO. The van der Waals surface area contributed by atoms with E-state index in [1.54, 1.807) is 0 Å². The van der Waals surface area contributed by atoms with E-state index in [1.807, 2.05) is 39.0 Å². The lowest BCUT2D eigenvalue weighted by Crippen LogP contribution is -2.13. The summed E-state index contributed by atoms with van der Waals surface area (Å²) in [7, 11) is 0. The summed E-state index contributed by atoms with van der Waals surface area (Å²) in [6.45, 7) is 7.57. The molecule has 0 aromatic heterocycles.